The lowest BCUT2D eigenvalue weighted by atomic mass is 9.74. The van der Waals surface area contributed by atoms with Crippen molar-refractivity contribution in [3.05, 3.63) is 46.6 Å². The van der Waals surface area contributed by atoms with Gasteiger partial charge in [-0.25, -0.2) is 4.79 Å². The van der Waals surface area contributed by atoms with Crippen LogP contribution in [0, 0.1) is 6.92 Å². The molecule has 24 heavy (non-hydrogen) atoms. The smallest absolute Gasteiger partial charge is 0.321 e. The van der Waals surface area contributed by atoms with Gasteiger partial charge in [-0.05, 0) is 31.4 Å². The molecule has 1 saturated heterocycles. The summed E-state index contributed by atoms with van der Waals surface area (Å²) < 4.78 is 10.5. The Bertz CT molecular complexity index is 711. The van der Waals surface area contributed by atoms with Crippen LogP contribution in [0.4, 0.5) is 10.7 Å². The number of hydrogen-bond donors (Lipinski definition) is 2. The second-order valence-electron chi connectivity index (χ2n) is 6.01. The lowest BCUT2D eigenvalue weighted by Crippen LogP contribution is -2.45. The number of carbonyl (C=O) groups excluding carboxylic acids is 1. The van der Waals surface area contributed by atoms with Crippen LogP contribution >= 0.6 is 11.6 Å². The molecule has 2 amide bonds. The Morgan fingerprint density at radius 2 is 2.08 bits per heavy atom. The average molecular weight is 350 g/mol. The molecule has 1 aliphatic rings. The highest BCUT2D eigenvalue weighted by Gasteiger charge is 2.36. The Morgan fingerprint density at radius 3 is 2.75 bits per heavy atom. The number of nitrogens with zero attached hydrogens (tertiary/aromatic N) is 1. The minimum atomic E-state index is -0.330. The monoisotopic (exact) mass is 349 g/mol. The molecular weight excluding hydrogens is 330 g/mol. The molecule has 128 valence electrons. The highest BCUT2D eigenvalue weighted by atomic mass is 35.5. The number of benzene rings is 1. The van der Waals surface area contributed by atoms with Gasteiger partial charge in [-0.2, -0.15) is 0 Å². The van der Waals surface area contributed by atoms with Crippen molar-refractivity contribution >= 4 is 23.5 Å². The van der Waals surface area contributed by atoms with Crippen LogP contribution in [0.5, 0.6) is 0 Å². The quantitative estimate of drug-likeness (QED) is 0.885. The second kappa shape index (κ2) is 7.23. The number of ether oxygens (including phenoxy) is 1. The molecule has 3 rings (SSSR count). The SMILES string of the molecule is Cc1cc(NC(=O)NCC2(c3ccccc3Cl)CCOCC2)on1. The summed E-state index contributed by atoms with van der Waals surface area (Å²) in [5, 5.41) is 10.0. The summed E-state index contributed by atoms with van der Waals surface area (Å²) in [4.78, 5) is 12.1. The Kier molecular flexibility index (Phi) is 5.06. The van der Waals surface area contributed by atoms with E-state index >= 15 is 0 Å². The summed E-state index contributed by atoms with van der Waals surface area (Å²) in [6.07, 6.45) is 1.61. The molecule has 0 unspecified atom stereocenters. The van der Waals surface area contributed by atoms with Crippen LogP contribution in [0.2, 0.25) is 5.02 Å². The molecule has 0 aliphatic carbocycles. The third kappa shape index (κ3) is 3.71. The van der Waals surface area contributed by atoms with Crippen molar-refractivity contribution < 1.29 is 14.1 Å². The fraction of sp³-hybridized carbons (Fsp3) is 0.412. The highest BCUT2D eigenvalue weighted by Crippen LogP contribution is 2.38. The zero-order valence-electron chi connectivity index (χ0n) is 13.5. The molecule has 7 heteroatoms. The average Bonchev–Trinajstić information content (AvgIpc) is 2.99. The molecule has 1 aliphatic heterocycles. The van der Waals surface area contributed by atoms with E-state index in [0.717, 1.165) is 18.4 Å². The summed E-state index contributed by atoms with van der Waals surface area (Å²) in [6.45, 7) is 3.56. The highest BCUT2D eigenvalue weighted by molar-refractivity contribution is 6.31. The lowest BCUT2D eigenvalue weighted by molar-refractivity contribution is 0.0509. The number of urea groups is 1. The van der Waals surface area contributed by atoms with E-state index in [1.807, 2.05) is 24.3 Å². The van der Waals surface area contributed by atoms with Gasteiger partial charge in [0.1, 0.15) is 0 Å². The number of carbonyl (C=O) groups is 1. The van der Waals surface area contributed by atoms with Crippen molar-refractivity contribution in [2.24, 2.45) is 0 Å². The maximum Gasteiger partial charge on any atom is 0.321 e. The van der Waals surface area contributed by atoms with Gasteiger partial charge in [0.15, 0.2) is 0 Å². The first-order valence-corrected chi connectivity index (χ1v) is 8.28. The molecule has 1 fully saturated rings. The van der Waals surface area contributed by atoms with Crippen LogP contribution in [0.3, 0.4) is 0 Å². The van der Waals surface area contributed by atoms with Crippen molar-refractivity contribution in [1.29, 1.82) is 0 Å². The maximum absolute atomic E-state index is 12.1. The first kappa shape index (κ1) is 16.8. The minimum Gasteiger partial charge on any atom is -0.381 e. The second-order valence-corrected chi connectivity index (χ2v) is 6.42. The van der Waals surface area contributed by atoms with E-state index in [1.165, 1.54) is 0 Å². The standard InChI is InChI=1S/C17H20ClN3O3/c1-12-10-15(24-21-12)20-16(22)19-11-17(6-8-23-9-7-17)13-4-2-3-5-14(13)18/h2-5,10H,6-9,11H2,1H3,(H2,19,20,22). The van der Waals surface area contributed by atoms with Gasteiger partial charge in [0, 0.05) is 36.3 Å². The van der Waals surface area contributed by atoms with Gasteiger partial charge >= 0.3 is 6.03 Å². The number of hydrogen-bond acceptors (Lipinski definition) is 4. The number of halogens is 1. The zero-order valence-corrected chi connectivity index (χ0v) is 14.2. The van der Waals surface area contributed by atoms with E-state index in [2.05, 4.69) is 15.8 Å². The van der Waals surface area contributed by atoms with Crippen molar-refractivity contribution in [1.82, 2.24) is 10.5 Å². The van der Waals surface area contributed by atoms with E-state index in [4.69, 9.17) is 20.9 Å². The lowest BCUT2D eigenvalue weighted by Gasteiger charge is -2.38. The fourth-order valence-electron chi connectivity index (χ4n) is 3.02. The Balaban J connectivity index is 1.71. The van der Waals surface area contributed by atoms with E-state index in [-0.39, 0.29) is 11.4 Å². The topological polar surface area (TPSA) is 76.4 Å². The molecule has 2 heterocycles. The van der Waals surface area contributed by atoms with Gasteiger partial charge in [0.25, 0.3) is 0 Å². The molecule has 2 N–H and O–H groups in total. The molecule has 0 saturated carbocycles. The third-order valence-electron chi connectivity index (χ3n) is 4.35. The molecule has 0 bridgehead atoms. The molecule has 0 radical (unpaired) electrons. The van der Waals surface area contributed by atoms with Crippen molar-refractivity contribution in [3.8, 4) is 0 Å². The Hall–Kier alpha value is -2.05. The third-order valence-corrected chi connectivity index (χ3v) is 4.68. The summed E-state index contributed by atoms with van der Waals surface area (Å²) in [5.41, 5.74) is 1.53. The normalized spacial score (nSPS) is 16.6. The largest absolute Gasteiger partial charge is 0.381 e. The Labute approximate surface area is 145 Å². The van der Waals surface area contributed by atoms with Crippen LogP contribution in [0.1, 0.15) is 24.1 Å². The summed E-state index contributed by atoms with van der Waals surface area (Å²) >= 11 is 6.40. The molecule has 0 spiro atoms. The summed E-state index contributed by atoms with van der Waals surface area (Å²) in [6, 6.07) is 9.11. The predicted molar refractivity (Wildman–Crippen MR) is 91.4 cm³/mol. The van der Waals surface area contributed by atoms with Gasteiger partial charge in [0.05, 0.1) is 5.69 Å². The van der Waals surface area contributed by atoms with Gasteiger partial charge in [-0.1, -0.05) is 35.0 Å². The first-order valence-electron chi connectivity index (χ1n) is 7.90. The van der Waals surface area contributed by atoms with Crippen molar-refractivity contribution in [3.63, 3.8) is 0 Å². The van der Waals surface area contributed by atoms with Crippen molar-refractivity contribution in [2.45, 2.75) is 25.2 Å². The molecule has 1 aromatic heterocycles. The maximum atomic E-state index is 12.1. The zero-order chi connectivity index (χ0) is 17.0. The number of nitrogens with one attached hydrogen (secondary N) is 2. The van der Waals surface area contributed by atoms with Crippen molar-refractivity contribution in [2.75, 3.05) is 25.1 Å². The summed E-state index contributed by atoms with van der Waals surface area (Å²) in [5.74, 6) is 0.323. The fourth-order valence-corrected chi connectivity index (χ4v) is 3.36. The minimum absolute atomic E-state index is 0.231. The summed E-state index contributed by atoms with van der Waals surface area (Å²) in [7, 11) is 0. The molecule has 2 aromatic rings. The number of aromatic nitrogens is 1. The van der Waals surface area contributed by atoms with Crippen LogP contribution in [-0.2, 0) is 10.2 Å². The number of anilines is 1. The van der Waals surface area contributed by atoms with E-state index < -0.39 is 0 Å². The molecular formula is C17H20ClN3O3. The van der Waals surface area contributed by atoms with E-state index in [1.54, 1.807) is 13.0 Å². The van der Waals surface area contributed by atoms with Crippen LogP contribution in [0.15, 0.2) is 34.9 Å². The van der Waals surface area contributed by atoms with Gasteiger partial charge < -0.3 is 14.6 Å². The van der Waals surface area contributed by atoms with E-state index in [0.29, 0.717) is 36.4 Å². The molecule has 6 nitrogen and oxygen atoms in total. The van der Waals surface area contributed by atoms with Crippen LogP contribution in [0.25, 0.3) is 0 Å². The van der Waals surface area contributed by atoms with Gasteiger partial charge in [-0.3, -0.25) is 5.32 Å². The van der Waals surface area contributed by atoms with Crippen LogP contribution < -0.4 is 10.6 Å². The van der Waals surface area contributed by atoms with Gasteiger partial charge in [0.2, 0.25) is 5.88 Å². The predicted octanol–water partition coefficient (Wildman–Crippen LogP) is 3.51. The number of rotatable bonds is 4. The number of aryl methyl sites for hydroxylation is 1. The molecule has 0 atom stereocenters. The number of amides is 2. The van der Waals surface area contributed by atoms with Crippen LogP contribution in [-0.4, -0.2) is 30.9 Å². The van der Waals surface area contributed by atoms with E-state index in [9.17, 15) is 4.79 Å². The molecule has 1 aromatic carbocycles. The Morgan fingerprint density at radius 1 is 1.33 bits per heavy atom. The first-order chi connectivity index (χ1) is 11.6. The van der Waals surface area contributed by atoms with Gasteiger partial charge in [-0.15, -0.1) is 0 Å².